The Morgan fingerprint density at radius 2 is 2.08 bits per heavy atom. The minimum Gasteiger partial charge on any atom is -0.383 e. The highest BCUT2D eigenvalue weighted by Crippen LogP contribution is 2.24. The minimum absolute atomic E-state index is 0.162. The summed E-state index contributed by atoms with van der Waals surface area (Å²) in [4.78, 5) is 7.61. The quantitative estimate of drug-likeness (QED) is 0.769. The fourth-order valence-electron chi connectivity index (χ4n) is 1.13. The molecular formula is C8H5BrFN3. The molecule has 2 aromatic rings. The fourth-order valence-corrected chi connectivity index (χ4v) is 1.55. The third-order valence-electron chi connectivity index (χ3n) is 1.68. The molecule has 0 saturated carbocycles. The summed E-state index contributed by atoms with van der Waals surface area (Å²) in [7, 11) is 0. The molecule has 1 aromatic carbocycles. The Hall–Kier alpha value is -1.23. The van der Waals surface area contributed by atoms with Crippen LogP contribution in [0.25, 0.3) is 10.9 Å². The van der Waals surface area contributed by atoms with Gasteiger partial charge in [-0.3, -0.25) is 0 Å². The summed E-state index contributed by atoms with van der Waals surface area (Å²) in [6, 6.07) is 3.03. The van der Waals surface area contributed by atoms with Crippen molar-refractivity contribution in [1.29, 1.82) is 0 Å². The molecule has 5 heteroatoms. The molecule has 2 rings (SSSR count). The standard InChI is InChI=1S/C8H5BrFN3/c9-4-1-5(10)7-6(2-4)12-3-13-8(7)11/h1-3H,(H2,11,12,13). The van der Waals surface area contributed by atoms with Gasteiger partial charge in [-0.15, -0.1) is 0 Å². The predicted molar refractivity (Wildman–Crippen MR) is 51.6 cm³/mol. The van der Waals surface area contributed by atoms with Crippen LogP contribution in [0.4, 0.5) is 10.2 Å². The van der Waals surface area contributed by atoms with E-state index >= 15 is 0 Å². The molecule has 0 aliphatic heterocycles. The van der Waals surface area contributed by atoms with Gasteiger partial charge in [-0.05, 0) is 12.1 Å². The van der Waals surface area contributed by atoms with Gasteiger partial charge in [-0.1, -0.05) is 15.9 Å². The van der Waals surface area contributed by atoms with E-state index in [0.717, 1.165) is 0 Å². The third kappa shape index (κ3) is 1.35. The Balaban J connectivity index is 2.94. The van der Waals surface area contributed by atoms with Crippen molar-refractivity contribution in [2.45, 2.75) is 0 Å². The molecule has 13 heavy (non-hydrogen) atoms. The average Bonchev–Trinajstić information content (AvgIpc) is 2.02. The van der Waals surface area contributed by atoms with Gasteiger partial charge in [-0.2, -0.15) is 0 Å². The van der Waals surface area contributed by atoms with Crippen LogP contribution in [0.2, 0.25) is 0 Å². The number of aromatic nitrogens is 2. The summed E-state index contributed by atoms with van der Waals surface area (Å²) in [5, 5.41) is 0.269. The Bertz CT molecular complexity index is 472. The highest BCUT2D eigenvalue weighted by Gasteiger charge is 2.07. The monoisotopic (exact) mass is 241 g/mol. The molecule has 0 fully saturated rings. The predicted octanol–water partition coefficient (Wildman–Crippen LogP) is 2.11. The molecular weight excluding hydrogens is 237 g/mol. The number of benzene rings is 1. The van der Waals surface area contributed by atoms with Crippen LogP contribution in [0.3, 0.4) is 0 Å². The molecule has 3 nitrogen and oxygen atoms in total. The lowest BCUT2D eigenvalue weighted by molar-refractivity contribution is 0.638. The maximum absolute atomic E-state index is 13.3. The molecule has 66 valence electrons. The Labute approximate surface area is 81.9 Å². The van der Waals surface area contributed by atoms with E-state index < -0.39 is 5.82 Å². The van der Waals surface area contributed by atoms with Gasteiger partial charge < -0.3 is 5.73 Å². The summed E-state index contributed by atoms with van der Waals surface area (Å²) >= 11 is 3.17. The molecule has 2 N–H and O–H groups in total. The lowest BCUT2D eigenvalue weighted by Gasteiger charge is -2.01. The zero-order valence-electron chi connectivity index (χ0n) is 6.46. The van der Waals surface area contributed by atoms with E-state index in [2.05, 4.69) is 25.9 Å². The summed E-state index contributed by atoms with van der Waals surface area (Å²) in [5.74, 6) is -0.252. The van der Waals surface area contributed by atoms with Gasteiger partial charge in [-0.25, -0.2) is 14.4 Å². The Morgan fingerprint density at radius 3 is 2.85 bits per heavy atom. The molecule has 0 aliphatic carbocycles. The van der Waals surface area contributed by atoms with Crippen molar-refractivity contribution < 1.29 is 4.39 Å². The van der Waals surface area contributed by atoms with E-state index in [-0.39, 0.29) is 11.2 Å². The molecule has 0 amide bonds. The first-order chi connectivity index (χ1) is 6.18. The van der Waals surface area contributed by atoms with Crippen molar-refractivity contribution >= 4 is 32.7 Å². The lowest BCUT2D eigenvalue weighted by atomic mass is 10.2. The number of nitrogen functional groups attached to an aromatic ring is 1. The molecule has 1 heterocycles. The number of nitrogens with two attached hydrogens (primary N) is 1. The molecule has 0 atom stereocenters. The van der Waals surface area contributed by atoms with Crippen LogP contribution in [0, 0.1) is 5.82 Å². The SMILES string of the molecule is Nc1ncnc2cc(Br)cc(F)c12. The minimum atomic E-state index is -0.414. The normalized spacial score (nSPS) is 10.6. The van der Waals surface area contributed by atoms with Gasteiger partial charge in [0, 0.05) is 4.47 Å². The van der Waals surface area contributed by atoms with Crippen molar-refractivity contribution in [3.05, 3.63) is 28.7 Å². The number of nitrogens with zero attached hydrogens (tertiary/aromatic N) is 2. The van der Waals surface area contributed by atoms with Gasteiger partial charge in [0.25, 0.3) is 0 Å². The second kappa shape index (κ2) is 2.92. The number of halogens is 2. The topological polar surface area (TPSA) is 51.8 Å². The average molecular weight is 242 g/mol. The van der Waals surface area contributed by atoms with Crippen molar-refractivity contribution in [2.24, 2.45) is 0 Å². The van der Waals surface area contributed by atoms with E-state index in [0.29, 0.717) is 9.99 Å². The largest absolute Gasteiger partial charge is 0.383 e. The van der Waals surface area contributed by atoms with E-state index in [1.165, 1.54) is 12.4 Å². The first kappa shape index (κ1) is 8.37. The van der Waals surface area contributed by atoms with Gasteiger partial charge in [0.05, 0.1) is 10.9 Å². The summed E-state index contributed by atoms with van der Waals surface area (Å²) in [5.41, 5.74) is 6.00. The molecule has 0 spiro atoms. The lowest BCUT2D eigenvalue weighted by Crippen LogP contribution is -1.95. The van der Waals surface area contributed by atoms with Crippen LogP contribution in [0.15, 0.2) is 22.9 Å². The number of anilines is 1. The molecule has 0 saturated heterocycles. The molecule has 0 unspecified atom stereocenters. The molecule has 0 aliphatic rings. The zero-order chi connectivity index (χ0) is 9.42. The van der Waals surface area contributed by atoms with Crippen molar-refractivity contribution in [3.63, 3.8) is 0 Å². The van der Waals surface area contributed by atoms with Crippen LogP contribution in [-0.4, -0.2) is 9.97 Å². The van der Waals surface area contributed by atoms with E-state index in [1.54, 1.807) is 6.07 Å². The summed E-state index contributed by atoms with van der Waals surface area (Å²) < 4.78 is 14.0. The number of hydrogen-bond donors (Lipinski definition) is 1. The zero-order valence-corrected chi connectivity index (χ0v) is 8.05. The maximum atomic E-state index is 13.3. The molecule has 1 aromatic heterocycles. The Morgan fingerprint density at radius 1 is 1.31 bits per heavy atom. The van der Waals surface area contributed by atoms with Gasteiger partial charge in [0.2, 0.25) is 0 Å². The van der Waals surface area contributed by atoms with Crippen LogP contribution >= 0.6 is 15.9 Å². The van der Waals surface area contributed by atoms with Crippen molar-refractivity contribution in [2.75, 3.05) is 5.73 Å². The van der Waals surface area contributed by atoms with Crippen LogP contribution in [-0.2, 0) is 0 Å². The first-order valence-corrected chi connectivity index (χ1v) is 4.33. The van der Waals surface area contributed by atoms with Crippen molar-refractivity contribution in [1.82, 2.24) is 9.97 Å². The highest BCUT2D eigenvalue weighted by molar-refractivity contribution is 9.10. The fraction of sp³-hybridized carbons (Fsp3) is 0. The van der Waals surface area contributed by atoms with Gasteiger partial charge in [0.1, 0.15) is 18.0 Å². The smallest absolute Gasteiger partial charge is 0.137 e. The van der Waals surface area contributed by atoms with Crippen LogP contribution in [0.5, 0.6) is 0 Å². The molecule has 0 radical (unpaired) electrons. The van der Waals surface area contributed by atoms with E-state index in [1.807, 2.05) is 0 Å². The number of fused-ring (bicyclic) bond motifs is 1. The second-order valence-electron chi connectivity index (χ2n) is 2.54. The van der Waals surface area contributed by atoms with Crippen LogP contribution in [0.1, 0.15) is 0 Å². The third-order valence-corrected chi connectivity index (χ3v) is 2.14. The van der Waals surface area contributed by atoms with E-state index in [4.69, 9.17) is 5.73 Å². The van der Waals surface area contributed by atoms with Crippen LogP contribution < -0.4 is 5.73 Å². The highest BCUT2D eigenvalue weighted by atomic mass is 79.9. The summed E-state index contributed by atoms with van der Waals surface area (Å²) in [6.45, 7) is 0. The van der Waals surface area contributed by atoms with Crippen molar-refractivity contribution in [3.8, 4) is 0 Å². The first-order valence-electron chi connectivity index (χ1n) is 3.53. The summed E-state index contributed by atoms with van der Waals surface area (Å²) in [6.07, 6.45) is 1.31. The number of rotatable bonds is 0. The van der Waals surface area contributed by atoms with E-state index in [9.17, 15) is 4.39 Å². The Kier molecular flexibility index (Phi) is 1.88. The van der Waals surface area contributed by atoms with Gasteiger partial charge in [0.15, 0.2) is 0 Å². The number of hydrogen-bond acceptors (Lipinski definition) is 3. The second-order valence-corrected chi connectivity index (χ2v) is 3.46. The van der Waals surface area contributed by atoms with Gasteiger partial charge >= 0.3 is 0 Å². The maximum Gasteiger partial charge on any atom is 0.137 e. The molecule has 0 bridgehead atoms.